The van der Waals surface area contributed by atoms with Gasteiger partial charge in [-0.25, -0.2) is 0 Å². The number of thiophene rings is 2. The van der Waals surface area contributed by atoms with Crippen LogP contribution in [0.4, 0.5) is 0 Å². The summed E-state index contributed by atoms with van der Waals surface area (Å²) < 4.78 is 5.96. The van der Waals surface area contributed by atoms with Crippen LogP contribution in [-0.4, -0.2) is 17.4 Å². The summed E-state index contributed by atoms with van der Waals surface area (Å²) in [5.41, 5.74) is 2.78. The van der Waals surface area contributed by atoms with E-state index in [1.807, 2.05) is 30.0 Å². The molecule has 0 N–H and O–H groups in total. The molecule has 3 nitrogen and oxygen atoms in total. The maximum atomic E-state index is 13.5. The van der Waals surface area contributed by atoms with Gasteiger partial charge in [-0.1, -0.05) is 17.7 Å². The van der Waals surface area contributed by atoms with Crippen LogP contribution in [0.25, 0.3) is 11.0 Å². The van der Waals surface area contributed by atoms with Crippen LogP contribution in [0.2, 0.25) is 5.02 Å². The molecule has 4 heterocycles. The van der Waals surface area contributed by atoms with Crippen LogP contribution in [0.15, 0.2) is 51.6 Å². The second-order valence-corrected chi connectivity index (χ2v) is 9.08. The number of aryl methyl sites for hydroxylation is 1. The molecule has 0 saturated heterocycles. The smallest absolute Gasteiger partial charge is 0.290 e. The van der Waals surface area contributed by atoms with E-state index in [0.29, 0.717) is 22.9 Å². The quantitative estimate of drug-likeness (QED) is 0.386. The first kappa shape index (κ1) is 17.0. The molecule has 6 heteroatoms. The number of carbonyl (C=O) groups is 1. The topological polar surface area (TPSA) is 33.5 Å². The number of fused-ring (bicyclic) bond motifs is 2. The molecular weight excluding hydrogens is 398 g/mol. The zero-order chi connectivity index (χ0) is 18.5. The minimum absolute atomic E-state index is 0.0521. The Morgan fingerprint density at radius 2 is 2.11 bits per heavy atom. The molecule has 0 saturated carbocycles. The fraction of sp³-hybridized carbons (Fsp3) is 0.190. The SMILES string of the molecule is Cc1c(C(=O)N2CCc3sccc3C2c2cccs2)oc2ccc(Cl)cc12. The first-order valence-corrected chi connectivity index (χ1v) is 10.9. The third kappa shape index (κ3) is 2.73. The van der Waals surface area contributed by atoms with Crippen molar-refractivity contribution in [2.45, 2.75) is 19.4 Å². The number of halogens is 1. The van der Waals surface area contributed by atoms with Crippen molar-refractivity contribution in [3.05, 3.63) is 78.8 Å². The third-order valence-corrected chi connectivity index (χ3v) is 7.29. The standard InChI is InChI=1S/C21H16ClNO2S2/c1-12-15-11-13(22)4-5-16(15)25-20(12)21(24)23-8-6-17-14(7-10-27-17)19(23)18-3-2-9-26-18/h2-5,7,9-11,19H,6,8H2,1H3. The van der Waals surface area contributed by atoms with E-state index < -0.39 is 0 Å². The van der Waals surface area contributed by atoms with Gasteiger partial charge in [0.15, 0.2) is 5.76 Å². The number of hydrogen-bond acceptors (Lipinski definition) is 4. The number of amides is 1. The lowest BCUT2D eigenvalue weighted by Gasteiger charge is -2.35. The van der Waals surface area contributed by atoms with Gasteiger partial charge in [-0.15, -0.1) is 22.7 Å². The van der Waals surface area contributed by atoms with E-state index in [-0.39, 0.29) is 11.9 Å². The summed E-state index contributed by atoms with van der Waals surface area (Å²) >= 11 is 9.59. The molecule has 27 heavy (non-hydrogen) atoms. The number of benzene rings is 1. The summed E-state index contributed by atoms with van der Waals surface area (Å²) in [5.74, 6) is 0.350. The fourth-order valence-electron chi connectivity index (χ4n) is 3.82. The van der Waals surface area contributed by atoms with Crippen molar-refractivity contribution >= 4 is 51.2 Å². The Morgan fingerprint density at radius 3 is 2.93 bits per heavy atom. The van der Waals surface area contributed by atoms with Crippen LogP contribution in [-0.2, 0) is 6.42 Å². The van der Waals surface area contributed by atoms with E-state index in [4.69, 9.17) is 16.0 Å². The van der Waals surface area contributed by atoms with Crippen LogP contribution < -0.4 is 0 Å². The second kappa shape index (κ2) is 6.51. The Morgan fingerprint density at radius 1 is 1.22 bits per heavy atom. The molecule has 1 aliphatic rings. The molecule has 0 spiro atoms. The van der Waals surface area contributed by atoms with Crippen LogP contribution in [0.1, 0.15) is 37.5 Å². The molecule has 1 amide bonds. The average molecular weight is 414 g/mol. The van der Waals surface area contributed by atoms with E-state index >= 15 is 0 Å². The Labute approximate surface area is 169 Å². The van der Waals surface area contributed by atoms with Crippen molar-refractivity contribution in [2.24, 2.45) is 0 Å². The summed E-state index contributed by atoms with van der Waals surface area (Å²) in [6, 6.07) is 11.7. The number of furan rings is 1. The molecule has 1 atom stereocenters. The Balaban J connectivity index is 1.61. The maximum absolute atomic E-state index is 13.5. The van der Waals surface area contributed by atoms with E-state index in [1.54, 1.807) is 28.7 Å². The molecule has 4 aromatic rings. The van der Waals surface area contributed by atoms with E-state index in [1.165, 1.54) is 15.3 Å². The third-order valence-electron chi connectivity index (χ3n) is 5.13. The molecule has 1 unspecified atom stereocenters. The van der Waals surface area contributed by atoms with Crippen LogP contribution in [0, 0.1) is 6.92 Å². The summed E-state index contributed by atoms with van der Waals surface area (Å²) in [4.78, 5) is 18.0. The van der Waals surface area contributed by atoms with E-state index in [9.17, 15) is 4.79 Å². The van der Waals surface area contributed by atoms with Crippen molar-refractivity contribution < 1.29 is 9.21 Å². The molecule has 5 rings (SSSR count). The van der Waals surface area contributed by atoms with Gasteiger partial charge in [-0.05, 0) is 60.0 Å². The predicted molar refractivity (Wildman–Crippen MR) is 111 cm³/mol. The molecule has 0 fully saturated rings. The van der Waals surface area contributed by atoms with Crippen LogP contribution in [0.3, 0.4) is 0 Å². The van der Waals surface area contributed by atoms with Crippen molar-refractivity contribution in [3.8, 4) is 0 Å². The monoisotopic (exact) mass is 413 g/mol. The average Bonchev–Trinajstić information content (AvgIpc) is 3.41. The van der Waals surface area contributed by atoms with Gasteiger partial charge in [0.2, 0.25) is 0 Å². The first-order valence-electron chi connectivity index (χ1n) is 8.73. The highest BCUT2D eigenvalue weighted by Gasteiger charge is 2.36. The molecule has 0 aliphatic carbocycles. The lowest BCUT2D eigenvalue weighted by atomic mass is 9.98. The molecule has 0 bridgehead atoms. The van der Waals surface area contributed by atoms with Gasteiger partial charge >= 0.3 is 0 Å². The number of nitrogens with zero attached hydrogens (tertiary/aromatic N) is 1. The first-order chi connectivity index (χ1) is 13.1. The molecule has 1 aliphatic heterocycles. The maximum Gasteiger partial charge on any atom is 0.290 e. The van der Waals surface area contributed by atoms with Crippen molar-refractivity contribution in [3.63, 3.8) is 0 Å². The van der Waals surface area contributed by atoms with Crippen LogP contribution >= 0.6 is 34.3 Å². The van der Waals surface area contributed by atoms with Crippen molar-refractivity contribution in [2.75, 3.05) is 6.54 Å². The molecular formula is C21H16ClNO2S2. The number of carbonyl (C=O) groups excluding carboxylic acids is 1. The summed E-state index contributed by atoms with van der Waals surface area (Å²) in [6.07, 6.45) is 0.881. The fourth-order valence-corrected chi connectivity index (χ4v) is 5.75. The molecule has 3 aromatic heterocycles. The van der Waals surface area contributed by atoms with Gasteiger partial charge in [0, 0.05) is 32.3 Å². The minimum Gasteiger partial charge on any atom is -0.451 e. The van der Waals surface area contributed by atoms with Gasteiger partial charge in [0.1, 0.15) is 5.58 Å². The lowest BCUT2D eigenvalue weighted by molar-refractivity contribution is 0.0667. The Bertz CT molecular complexity index is 1140. The normalized spacial score (nSPS) is 16.7. The largest absolute Gasteiger partial charge is 0.451 e. The molecule has 1 aromatic carbocycles. The zero-order valence-corrected chi connectivity index (χ0v) is 17.0. The Kier molecular flexibility index (Phi) is 4.11. The van der Waals surface area contributed by atoms with Gasteiger partial charge in [0.25, 0.3) is 5.91 Å². The van der Waals surface area contributed by atoms with Crippen LogP contribution in [0.5, 0.6) is 0 Å². The Hall–Kier alpha value is -2.08. The minimum atomic E-state index is -0.0601. The number of hydrogen-bond donors (Lipinski definition) is 0. The van der Waals surface area contributed by atoms with Gasteiger partial charge in [-0.2, -0.15) is 0 Å². The lowest BCUT2D eigenvalue weighted by Crippen LogP contribution is -2.39. The highest BCUT2D eigenvalue weighted by Crippen LogP contribution is 2.41. The summed E-state index contributed by atoms with van der Waals surface area (Å²) in [6.45, 7) is 2.61. The zero-order valence-electron chi connectivity index (χ0n) is 14.6. The van der Waals surface area contributed by atoms with E-state index in [2.05, 4.69) is 22.9 Å². The van der Waals surface area contributed by atoms with Crippen molar-refractivity contribution in [1.29, 1.82) is 0 Å². The summed E-state index contributed by atoms with van der Waals surface area (Å²) in [5, 5.41) is 5.72. The number of rotatable bonds is 2. The van der Waals surface area contributed by atoms with Gasteiger partial charge in [-0.3, -0.25) is 4.79 Å². The molecule has 0 radical (unpaired) electrons. The second-order valence-electron chi connectivity index (χ2n) is 6.66. The molecule has 136 valence electrons. The van der Waals surface area contributed by atoms with Gasteiger partial charge in [0.05, 0.1) is 6.04 Å². The van der Waals surface area contributed by atoms with Crippen molar-refractivity contribution in [1.82, 2.24) is 4.90 Å². The summed E-state index contributed by atoms with van der Waals surface area (Å²) in [7, 11) is 0. The highest BCUT2D eigenvalue weighted by atomic mass is 35.5. The highest BCUT2D eigenvalue weighted by molar-refractivity contribution is 7.10. The van der Waals surface area contributed by atoms with E-state index in [0.717, 1.165) is 17.4 Å². The predicted octanol–water partition coefficient (Wildman–Crippen LogP) is 6.31. The van der Waals surface area contributed by atoms with Gasteiger partial charge < -0.3 is 9.32 Å².